The van der Waals surface area contributed by atoms with Crippen molar-refractivity contribution in [3.63, 3.8) is 0 Å². The third kappa shape index (κ3) is 2.36. The lowest BCUT2D eigenvalue weighted by molar-refractivity contribution is 1.57. The summed E-state index contributed by atoms with van der Waals surface area (Å²) < 4.78 is 2.38. The van der Waals surface area contributed by atoms with Crippen molar-refractivity contribution in [2.24, 2.45) is 0 Å². The maximum absolute atomic E-state index is 3.48. The first-order valence-electron chi connectivity index (χ1n) is 4.27. The highest BCUT2D eigenvalue weighted by molar-refractivity contribution is 14.1. The Kier molecular flexibility index (Phi) is 3.23. The van der Waals surface area contributed by atoms with Crippen LogP contribution in [0, 0.1) is 3.57 Å². The van der Waals surface area contributed by atoms with Crippen molar-refractivity contribution in [1.82, 2.24) is 0 Å². The summed E-state index contributed by atoms with van der Waals surface area (Å²) in [4.78, 5) is 0. The van der Waals surface area contributed by atoms with Gasteiger partial charge in [0.25, 0.3) is 0 Å². The van der Waals surface area contributed by atoms with Crippen molar-refractivity contribution >= 4 is 38.5 Å². The molecule has 2 aromatic rings. The predicted molar refractivity (Wildman–Crippen MR) is 72.3 cm³/mol. The summed E-state index contributed by atoms with van der Waals surface area (Å²) in [7, 11) is 0. The topological polar surface area (TPSA) is 0 Å². The van der Waals surface area contributed by atoms with E-state index in [0.717, 1.165) is 4.47 Å². The van der Waals surface area contributed by atoms with Crippen LogP contribution in [-0.4, -0.2) is 0 Å². The largest absolute Gasteiger partial charge is 0.0606 e. The van der Waals surface area contributed by atoms with Gasteiger partial charge in [0.15, 0.2) is 0 Å². The second kappa shape index (κ2) is 4.45. The number of hydrogen-bond acceptors (Lipinski definition) is 0. The van der Waals surface area contributed by atoms with E-state index < -0.39 is 0 Å². The highest BCUT2D eigenvalue weighted by Gasteiger charge is 1.97. The van der Waals surface area contributed by atoms with Gasteiger partial charge in [-0.2, -0.15) is 0 Å². The quantitative estimate of drug-likeness (QED) is 0.647. The number of benzene rings is 2. The van der Waals surface area contributed by atoms with Crippen molar-refractivity contribution in [2.75, 3.05) is 0 Å². The van der Waals surface area contributed by atoms with Crippen molar-refractivity contribution in [3.8, 4) is 11.1 Å². The van der Waals surface area contributed by atoms with Crippen molar-refractivity contribution in [2.45, 2.75) is 0 Å². The summed E-state index contributed by atoms with van der Waals surface area (Å²) >= 11 is 5.81. The lowest BCUT2D eigenvalue weighted by atomic mass is 10.1. The minimum atomic E-state index is 1.12. The van der Waals surface area contributed by atoms with Gasteiger partial charge in [0.2, 0.25) is 0 Å². The van der Waals surface area contributed by atoms with Crippen LogP contribution in [0.1, 0.15) is 0 Å². The van der Waals surface area contributed by atoms with Gasteiger partial charge in [-0.25, -0.2) is 0 Å². The molecule has 0 aliphatic carbocycles. The molecule has 0 amide bonds. The SMILES string of the molecule is Brc1cccc(-c2cccc(I)c2)c1. The van der Waals surface area contributed by atoms with Crippen LogP contribution in [0.2, 0.25) is 0 Å². The molecule has 0 aliphatic heterocycles. The van der Waals surface area contributed by atoms with Crippen LogP contribution in [-0.2, 0) is 0 Å². The molecular formula is C12H8BrI. The summed E-state index contributed by atoms with van der Waals surface area (Å²) in [6, 6.07) is 16.8. The summed E-state index contributed by atoms with van der Waals surface area (Å²) in [6.07, 6.45) is 0. The van der Waals surface area contributed by atoms with Gasteiger partial charge >= 0.3 is 0 Å². The first-order valence-corrected chi connectivity index (χ1v) is 6.14. The van der Waals surface area contributed by atoms with E-state index in [1.165, 1.54) is 14.7 Å². The molecule has 0 heterocycles. The Morgan fingerprint density at radius 1 is 0.857 bits per heavy atom. The molecule has 0 atom stereocenters. The van der Waals surface area contributed by atoms with Gasteiger partial charge in [-0.1, -0.05) is 40.2 Å². The molecular weight excluding hydrogens is 351 g/mol. The normalized spacial score (nSPS) is 10.1. The van der Waals surface area contributed by atoms with Crippen LogP contribution < -0.4 is 0 Å². The fourth-order valence-corrected chi connectivity index (χ4v) is 2.28. The van der Waals surface area contributed by atoms with E-state index in [1.807, 2.05) is 6.07 Å². The molecule has 2 aromatic carbocycles. The van der Waals surface area contributed by atoms with Crippen LogP contribution >= 0.6 is 38.5 Å². The van der Waals surface area contributed by atoms with Crippen LogP contribution in [0.4, 0.5) is 0 Å². The standard InChI is InChI=1S/C12H8BrI/c13-11-5-1-3-9(7-11)10-4-2-6-12(14)8-10/h1-8H. The summed E-state index contributed by atoms with van der Waals surface area (Å²) in [5, 5.41) is 0. The first kappa shape index (κ1) is 10.2. The monoisotopic (exact) mass is 358 g/mol. The zero-order chi connectivity index (χ0) is 9.97. The zero-order valence-corrected chi connectivity index (χ0v) is 11.1. The van der Waals surface area contributed by atoms with E-state index in [2.05, 4.69) is 81.0 Å². The molecule has 14 heavy (non-hydrogen) atoms. The second-order valence-corrected chi connectivity index (χ2v) is 5.18. The highest BCUT2D eigenvalue weighted by Crippen LogP contribution is 2.23. The van der Waals surface area contributed by atoms with Crippen LogP contribution in [0.5, 0.6) is 0 Å². The van der Waals surface area contributed by atoms with E-state index in [4.69, 9.17) is 0 Å². The van der Waals surface area contributed by atoms with Crippen molar-refractivity contribution < 1.29 is 0 Å². The maximum atomic E-state index is 3.48. The number of halogens is 2. The third-order valence-electron chi connectivity index (χ3n) is 1.98. The van der Waals surface area contributed by atoms with Gasteiger partial charge in [0.1, 0.15) is 0 Å². The van der Waals surface area contributed by atoms with Gasteiger partial charge in [-0.15, -0.1) is 0 Å². The lowest BCUT2D eigenvalue weighted by Gasteiger charge is -2.02. The Balaban J connectivity index is 2.49. The molecule has 0 saturated carbocycles. The van der Waals surface area contributed by atoms with Gasteiger partial charge in [-0.3, -0.25) is 0 Å². The molecule has 2 heteroatoms. The Hall–Kier alpha value is -0.350. The Bertz CT molecular complexity index is 408. The van der Waals surface area contributed by atoms with E-state index in [0.29, 0.717) is 0 Å². The summed E-state index contributed by atoms with van der Waals surface area (Å²) in [6.45, 7) is 0. The molecule has 0 fully saturated rings. The molecule has 0 N–H and O–H groups in total. The average molecular weight is 359 g/mol. The van der Waals surface area contributed by atoms with E-state index >= 15 is 0 Å². The molecule has 0 saturated heterocycles. The molecule has 0 aromatic heterocycles. The molecule has 0 unspecified atom stereocenters. The van der Waals surface area contributed by atoms with E-state index in [1.54, 1.807) is 0 Å². The lowest BCUT2D eigenvalue weighted by Crippen LogP contribution is -1.78. The third-order valence-corrected chi connectivity index (χ3v) is 3.15. The summed E-state index contributed by atoms with van der Waals surface area (Å²) in [5.74, 6) is 0. The maximum Gasteiger partial charge on any atom is 0.0181 e. The minimum absolute atomic E-state index is 1.12. The molecule has 0 bridgehead atoms. The van der Waals surface area contributed by atoms with Gasteiger partial charge in [0.05, 0.1) is 0 Å². The van der Waals surface area contributed by atoms with Crippen LogP contribution in [0.3, 0.4) is 0 Å². The molecule has 0 radical (unpaired) electrons. The van der Waals surface area contributed by atoms with Crippen molar-refractivity contribution in [3.05, 3.63) is 56.6 Å². The smallest absolute Gasteiger partial charge is 0.0181 e. The first-order chi connectivity index (χ1) is 6.75. The Morgan fingerprint density at radius 3 is 2.14 bits per heavy atom. The number of hydrogen-bond donors (Lipinski definition) is 0. The molecule has 70 valence electrons. The zero-order valence-electron chi connectivity index (χ0n) is 7.37. The fraction of sp³-hybridized carbons (Fsp3) is 0. The van der Waals surface area contributed by atoms with Gasteiger partial charge < -0.3 is 0 Å². The van der Waals surface area contributed by atoms with Crippen LogP contribution in [0.15, 0.2) is 53.0 Å². The number of rotatable bonds is 1. The summed E-state index contributed by atoms with van der Waals surface area (Å²) in [5.41, 5.74) is 2.51. The van der Waals surface area contributed by atoms with Crippen LogP contribution in [0.25, 0.3) is 11.1 Å². The molecule has 0 nitrogen and oxygen atoms in total. The minimum Gasteiger partial charge on any atom is -0.0606 e. The van der Waals surface area contributed by atoms with Gasteiger partial charge in [-0.05, 0) is 58.0 Å². The van der Waals surface area contributed by atoms with E-state index in [9.17, 15) is 0 Å². The second-order valence-electron chi connectivity index (χ2n) is 3.02. The molecule has 2 rings (SSSR count). The predicted octanol–water partition coefficient (Wildman–Crippen LogP) is 4.72. The van der Waals surface area contributed by atoms with Crippen molar-refractivity contribution in [1.29, 1.82) is 0 Å². The highest BCUT2D eigenvalue weighted by atomic mass is 127. The average Bonchev–Trinajstić information content (AvgIpc) is 2.18. The molecule has 0 spiro atoms. The Labute approximate surface area is 106 Å². The van der Waals surface area contributed by atoms with Gasteiger partial charge in [0, 0.05) is 8.04 Å². The Morgan fingerprint density at radius 2 is 1.50 bits per heavy atom. The fourth-order valence-electron chi connectivity index (χ4n) is 1.34. The van der Waals surface area contributed by atoms with E-state index in [-0.39, 0.29) is 0 Å². The molecule has 0 aliphatic rings.